The van der Waals surface area contributed by atoms with Gasteiger partial charge in [0.05, 0.1) is 0 Å². The van der Waals surface area contributed by atoms with E-state index in [0.717, 1.165) is 12.0 Å². The molecule has 0 saturated carbocycles. The summed E-state index contributed by atoms with van der Waals surface area (Å²) in [5.41, 5.74) is 6.09. The van der Waals surface area contributed by atoms with Crippen molar-refractivity contribution in [1.29, 1.82) is 0 Å². The molecule has 8 heteroatoms. The predicted octanol–water partition coefficient (Wildman–Crippen LogP) is 1.52. The molecule has 1 heterocycles. The highest BCUT2D eigenvalue weighted by Gasteiger charge is 2.30. The lowest BCUT2D eigenvalue weighted by Gasteiger charge is -2.33. The van der Waals surface area contributed by atoms with Gasteiger partial charge in [-0.2, -0.15) is 0 Å². The maximum absolute atomic E-state index is 12.9. The second kappa shape index (κ2) is 9.89. The van der Waals surface area contributed by atoms with Gasteiger partial charge in [-0.15, -0.1) is 0 Å². The summed E-state index contributed by atoms with van der Waals surface area (Å²) in [6.07, 6.45) is 2.37. The molecular weight excluding hydrogens is 351 g/mol. The molecule has 4 amide bonds. The molecular formula is C19H27FN4O3. The maximum Gasteiger partial charge on any atom is 0.315 e. The lowest BCUT2D eigenvalue weighted by Crippen LogP contribution is -2.53. The van der Waals surface area contributed by atoms with E-state index in [1.165, 1.54) is 12.1 Å². The molecule has 0 aliphatic carbocycles. The van der Waals surface area contributed by atoms with E-state index >= 15 is 0 Å². The Hall–Kier alpha value is -2.64. The van der Waals surface area contributed by atoms with Gasteiger partial charge in [0.15, 0.2) is 0 Å². The molecule has 0 bridgehead atoms. The number of urea groups is 1. The normalized spacial score (nSPS) is 15.9. The first-order valence-electron chi connectivity index (χ1n) is 9.27. The van der Waals surface area contributed by atoms with Crippen molar-refractivity contribution in [3.63, 3.8) is 0 Å². The van der Waals surface area contributed by atoms with Gasteiger partial charge in [-0.3, -0.25) is 9.59 Å². The summed E-state index contributed by atoms with van der Waals surface area (Å²) in [4.78, 5) is 37.8. The fourth-order valence-electron chi connectivity index (χ4n) is 3.14. The lowest BCUT2D eigenvalue weighted by atomic mass is 9.95. The summed E-state index contributed by atoms with van der Waals surface area (Å²) < 4.78 is 12.9. The van der Waals surface area contributed by atoms with Gasteiger partial charge in [-0.05, 0) is 37.0 Å². The second-order valence-electron chi connectivity index (χ2n) is 6.80. The highest BCUT2D eigenvalue weighted by molar-refractivity contribution is 5.87. The van der Waals surface area contributed by atoms with Gasteiger partial charge < -0.3 is 21.3 Å². The van der Waals surface area contributed by atoms with Crippen LogP contribution in [0, 0.1) is 11.7 Å². The van der Waals surface area contributed by atoms with Crippen molar-refractivity contribution in [1.82, 2.24) is 15.5 Å². The zero-order chi connectivity index (χ0) is 19.8. The van der Waals surface area contributed by atoms with Gasteiger partial charge in [-0.25, -0.2) is 9.18 Å². The Labute approximate surface area is 158 Å². The standard InChI is InChI=1S/C19H27FN4O3/c1-2-3-16(18(26)24-10-8-14(9-11-24)17(21)25)23-19(27)22-12-13-4-6-15(20)7-5-13/h4-7,14,16H,2-3,8-12H2,1H3,(H2,21,25)(H2,22,23,27). The Morgan fingerprint density at radius 3 is 2.41 bits per heavy atom. The summed E-state index contributed by atoms with van der Waals surface area (Å²) in [5, 5.41) is 5.41. The minimum Gasteiger partial charge on any atom is -0.369 e. The van der Waals surface area contributed by atoms with Crippen molar-refractivity contribution in [3.8, 4) is 0 Å². The third-order valence-electron chi connectivity index (χ3n) is 4.76. The van der Waals surface area contributed by atoms with E-state index in [2.05, 4.69) is 10.6 Å². The number of hydrogen-bond acceptors (Lipinski definition) is 3. The van der Waals surface area contributed by atoms with E-state index in [1.54, 1.807) is 17.0 Å². The molecule has 1 aliphatic heterocycles. The van der Waals surface area contributed by atoms with Crippen molar-refractivity contribution < 1.29 is 18.8 Å². The lowest BCUT2D eigenvalue weighted by molar-refractivity contribution is -0.136. The van der Waals surface area contributed by atoms with E-state index in [-0.39, 0.29) is 30.1 Å². The summed E-state index contributed by atoms with van der Waals surface area (Å²) in [7, 11) is 0. The molecule has 0 radical (unpaired) electrons. The molecule has 1 aliphatic rings. The van der Waals surface area contributed by atoms with Crippen molar-refractivity contribution >= 4 is 17.8 Å². The van der Waals surface area contributed by atoms with Gasteiger partial charge in [0.2, 0.25) is 11.8 Å². The number of primary amides is 1. The van der Waals surface area contributed by atoms with Crippen LogP contribution in [0.2, 0.25) is 0 Å². The van der Waals surface area contributed by atoms with Gasteiger partial charge in [0.25, 0.3) is 0 Å². The zero-order valence-corrected chi connectivity index (χ0v) is 15.5. The monoisotopic (exact) mass is 378 g/mol. The van der Waals surface area contributed by atoms with E-state index in [0.29, 0.717) is 32.4 Å². The molecule has 1 aromatic carbocycles. The van der Waals surface area contributed by atoms with E-state index in [1.807, 2.05) is 6.92 Å². The van der Waals surface area contributed by atoms with Crippen molar-refractivity contribution in [2.24, 2.45) is 11.7 Å². The number of hydrogen-bond donors (Lipinski definition) is 3. The molecule has 27 heavy (non-hydrogen) atoms. The summed E-state index contributed by atoms with van der Waals surface area (Å²) in [5.74, 6) is -0.996. The van der Waals surface area contributed by atoms with Crippen LogP contribution in [0.4, 0.5) is 9.18 Å². The van der Waals surface area contributed by atoms with E-state index in [9.17, 15) is 18.8 Å². The second-order valence-corrected chi connectivity index (χ2v) is 6.80. The van der Waals surface area contributed by atoms with Gasteiger partial charge in [0.1, 0.15) is 11.9 Å². The number of piperidine rings is 1. The smallest absolute Gasteiger partial charge is 0.315 e. The van der Waals surface area contributed by atoms with Crippen LogP contribution in [0.5, 0.6) is 0 Å². The average Bonchev–Trinajstić information content (AvgIpc) is 2.66. The van der Waals surface area contributed by atoms with Crippen LogP contribution in [0.25, 0.3) is 0 Å². The van der Waals surface area contributed by atoms with Crippen molar-refractivity contribution in [2.75, 3.05) is 13.1 Å². The van der Waals surface area contributed by atoms with Crippen LogP contribution in [0.15, 0.2) is 24.3 Å². The van der Waals surface area contributed by atoms with E-state index in [4.69, 9.17) is 5.73 Å². The molecule has 7 nitrogen and oxygen atoms in total. The minimum absolute atomic E-state index is 0.142. The molecule has 1 fully saturated rings. The molecule has 2 rings (SSSR count). The fourth-order valence-corrected chi connectivity index (χ4v) is 3.14. The third-order valence-corrected chi connectivity index (χ3v) is 4.76. The number of halogens is 1. The van der Waals surface area contributed by atoms with Gasteiger partial charge in [0, 0.05) is 25.6 Å². The number of carbonyl (C=O) groups is 3. The highest BCUT2D eigenvalue weighted by atomic mass is 19.1. The van der Waals surface area contributed by atoms with E-state index < -0.39 is 12.1 Å². The molecule has 1 aromatic rings. The van der Waals surface area contributed by atoms with Crippen LogP contribution in [-0.2, 0) is 16.1 Å². The first-order valence-corrected chi connectivity index (χ1v) is 9.27. The summed E-state index contributed by atoms with van der Waals surface area (Å²) >= 11 is 0. The molecule has 0 spiro atoms. The Morgan fingerprint density at radius 1 is 1.22 bits per heavy atom. The van der Waals surface area contributed by atoms with Crippen molar-refractivity contribution in [2.45, 2.75) is 45.2 Å². The van der Waals surface area contributed by atoms with Crippen LogP contribution < -0.4 is 16.4 Å². The topological polar surface area (TPSA) is 105 Å². The summed E-state index contributed by atoms with van der Waals surface area (Å²) in [6, 6.07) is 4.77. The number of benzene rings is 1. The van der Waals surface area contributed by atoms with Crippen LogP contribution in [0.1, 0.15) is 38.2 Å². The zero-order valence-electron chi connectivity index (χ0n) is 15.5. The van der Waals surface area contributed by atoms with Crippen LogP contribution in [0.3, 0.4) is 0 Å². The number of nitrogens with one attached hydrogen (secondary N) is 2. The maximum atomic E-state index is 12.9. The number of amides is 4. The third kappa shape index (κ3) is 6.23. The Morgan fingerprint density at radius 2 is 1.85 bits per heavy atom. The minimum atomic E-state index is -0.617. The molecule has 0 aromatic heterocycles. The Balaban J connectivity index is 1.86. The number of likely N-dealkylation sites (tertiary alicyclic amines) is 1. The predicted molar refractivity (Wildman–Crippen MR) is 99.0 cm³/mol. The number of nitrogens with two attached hydrogens (primary N) is 1. The molecule has 148 valence electrons. The molecule has 4 N–H and O–H groups in total. The van der Waals surface area contributed by atoms with Crippen LogP contribution >= 0.6 is 0 Å². The summed E-state index contributed by atoms with van der Waals surface area (Å²) in [6.45, 7) is 3.11. The molecule has 1 atom stereocenters. The fraction of sp³-hybridized carbons (Fsp3) is 0.526. The molecule has 1 saturated heterocycles. The average molecular weight is 378 g/mol. The Bertz CT molecular complexity index is 657. The first kappa shape index (κ1) is 20.7. The largest absolute Gasteiger partial charge is 0.369 e. The van der Waals surface area contributed by atoms with Gasteiger partial charge in [-0.1, -0.05) is 25.5 Å². The quantitative estimate of drug-likeness (QED) is 0.670. The molecule has 1 unspecified atom stereocenters. The Kier molecular flexibility index (Phi) is 7.57. The number of nitrogens with zero attached hydrogens (tertiary/aromatic N) is 1. The van der Waals surface area contributed by atoms with Gasteiger partial charge >= 0.3 is 6.03 Å². The number of rotatable bonds is 7. The number of carbonyl (C=O) groups excluding carboxylic acids is 3. The van der Waals surface area contributed by atoms with Crippen molar-refractivity contribution in [3.05, 3.63) is 35.6 Å². The first-order chi connectivity index (χ1) is 12.9. The van der Waals surface area contributed by atoms with Crippen LogP contribution in [-0.4, -0.2) is 41.9 Å². The highest BCUT2D eigenvalue weighted by Crippen LogP contribution is 2.18. The SMILES string of the molecule is CCCC(NC(=O)NCc1ccc(F)cc1)C(=O)N1CCC(C(N)=O)CC1.